The van der Waals surface area contributed by atoms with Gasteiger partial charge in [-0.2, -0.15) is 0 Å². The molecule has 0 fully saturated rings. The van der Waals surface area contributed by atoms with E-state index in [9.17, 15) is 4.79 Å². The maximum absolute atomic E-state index is 12.9. The normalized spacial score (nSPS) is 11.4. The first-order valence-electron chi connectivity index (χ1n) is 10.8. The Bertz CT molecular complexity index is 1130. The molecule has 1 amide bonds. The van der Waals surface area contributed by atoms with Gasteiger partial charge in [0, 0.05) is 16.3 Å². The number of aryl methyl sites for hydroxylation is 1. The van der Waals surface area contributed by atoms with E-state index in [-0.39, 0.29) is 11.2 Å². The Kier molecular flexibility index (Phi) is 8.74. The van der Waals surface area contributed by atoms with Crippen LogP contribution in [0.25, 0.3) is 0 Å². The van der Waals surface area contributed by atoms with E-state index in [4.69, 9.17) is 17.0 Å². The lowest BCUT2D eigenvalue weighted by Crippen LogP contribution is -2.25. The van der Waals surface area contributed by atoms with E-state index in [2.05, 4.69) is 16.0 Å². The molecule has 1 atom stereocenters. The van der Waals surface area contributed by atoms with Crippen molar-refractivity contribution in [2.24, 2.45) is 0 Å². The number of benzene rings is 3. The second kappa shape index (κ2) is 11.7. The molecule has 0 heterocycles. The van der Waals surface area contributed by atoms with Crippen molar-refractivity contribution in [2.75, 3.05) is 23.1 Å². The zero-order valence-corrected chi connectivity index (χ0v) is 20.9. The molecule has 3 aromatic carbocycles. The minimum Gasteiger partial charge on any atom is -0.495 e. The lowest BCUT2D eigenvalue weighted by molar-refractivity contribution is -0.115. The third kappa shape index (κ3) is 6.73. The van der Waals surface area contributed by atoms with Crippen LogP contribution in [0.5, 0.6) is 5.75 Å². The van der Waals surface area contributed by atoms with Gasteiger partial charge in [-0.1, -0.05) is 37.3 Å². The lowest BCUT2D eigenvalue weighted by Gasteiger charge is -2.17. The number of nitrogens with one attached hydrogen (secondary N) is 3. The number of methoxy groups -OCH3 is 1. The average molecular weight is 480 g/mol. The molecule has 5 nitrogen and oxygen atoms in total. The first-order chi connectivity index (χ1) is 15.9. The summed E-state index contributed by atoms with van der Waals surface area (Å²) in [5.41, 5.74) is 4.74. The van der Waals surface area contributed by atoms with Crippen molar-refractivity contribution in [3.63, 3.8) is 0 Å². The van der Waals surface area contributed by atoms with Crippen LogP contribution in [-0.4, -0.2) is 23.4 Å². The Balaban J connectivity index is 1.64. The summed E-state index contributed by atoms with van der Waals surface area (Å²) in [5, 5.41) is 9.71. The summed E-state index contributed by atoms with van der Waals surface area (Å²) in [5.74, 6) is 0.717. The fourth-order valence-electron chi connectivity index (χ4n) is 3.27. The smallest absolute Gasteiger partial charge is 0.237 e. The van der Waals surface area contributed by atoms with Gasteiger partial charge in [0.05, 0.1) is 18.0 Å². The minimum atomic E-state index is -0.209. The number of hydrogen-bond donors (Lipinski definition) is 3. The van der Waals surface area contributed by atoms with Gasteiger partial charge in [-0.25, -0.2) is 0 Å². The topological polar surface area (TPSA) is 62.4 Å². The quantitative estimate of drug-likeness (QED) is 0.249. The fraction of sp³-hybridized carbons (Fsp3) is 0.231. The largest absolute Gasteiger partial charge is 0.495 e. The number of rotatable bonds is 8. The highest BCUT2D eigenvalue weighted by atomic mass is 32.2. The molecule has 3 rings (SSSR count). The van der Waals surface area contributed by atoms with Gasteiger partial charge >= 0.3 is 0 Å². The number of para-hydroxylation sites is 2. The van der Waals surface area contributed by atoms with Crippen molar-refractivity contribution in [2.45, 2.75) is 37.3 Å². The highest BCUT2D eigenvalue weighted by Gasteiger charge is 2.19. The molecule has 172 valence electrons. The molecule has 0 radical (unpaired) electrons. The molecule has 7 heteroatoms. The predicted molar refractivity (Wildman–Crippen MR) is 144 cm³/mol. The fourth-order valence-corrected chi connectivity index (χ4v) is 4.51. The number of amides is 1. The molecule has 0 bridgehead atoms. The molecule has 1 unspecified atom stereocenters. The van der Waals surface area contributed by atoms with Gasteiger partial charge in [0.1, 0.15) is 5.75 Å². The lowest BCUT2D eigenvalue weighted by atomic mass is 10.1. The third-order valence-electron chi connectivity index (χ3n) is 5.25. The molecular weight excluding hydrogens is 450 g/mol. The van der Waals surface area contributed by atoms with Crippen LogP contribution in [0, 0.1) is 13.8 Å². The number of thiocarbonyl (C=S) groups is 1. The summed E-state index contributed by atoms with van der Waals surface area (Å²) in [6, 6.07) is 21.4. The summed E-state index contributed by atoms with van der Waals surface area (Å²) in [6.07, 6.45) is 0.715. The van der Waals surface area contributed by atoms with Gasteiger partial charge in [0.2, 0.25) is 5.91 Å². The standard InChI is InChI=1S/C26H29N3O2S2/c1-5-24(25(30)28-21-14-8-10-17(2)18(21)3)33-20-12-9-11-19(16-20)27-26(32)29-22-13-6-7-15-23(22)31-4/h6-16,24H,5H2,1-4H3,(H,28,30)(H2,27,29,32). The van der Waals surface area contributed by atoms with E-state index in [0.29, 0.717) is 17.3 Å². The zero-order valence-electron chi connectivity index (χ0n) is 19.3. The van der Waals surface area contributed by atoms with Crippen molar-refractivity contribution < 1.29 is 9.53 Å². The maximum atomic E-state index is 12.9. The van der Waals surface area contributed by atoms with Crippen molar-refractivity contribution in [1.82, 2.24) is 0 Å². The van der Waals surface area contributed by atoms with Crippen LogP contribution < -0.4 is 20.7 Å². The summed E-state index contributed by atoms with van der Waals surface area (Å²) in [7, 11) is 1.62. The molecule has 0 saturated heterocycles. The van der Waals surface area contributed by atoms with E-state index in [1.54, 1.807) is 18.9 Å². The van der Waals surface area contributed by atoms with Crippen molar-refractivity contribution >= 4 is 52.1 Å². The summed E-state index contributed by atoms with van der Waals surface area (Å²) in [6.45, 7) is 6.09. The van der Waals surface area contributed by atoms with Crippen LogP contribution in [0.4, 0.5) is 17.1 Å². The maximum Gasteiger partial charge on any atom is 0.237 e. The number of ether oxygens (including phenoxy) is 1. The SMILES string of the molecule is CCC(Sc1cccc(NC(=S)Nc2ccccc2OC)c1)C(=O)Nc1cccc(C)c1C. The molecular formula is C26H29N3O2S2. The predicted octanol–water partition coefficient (Wildman–Crippen LogP) is 6.63. The molecule has 0 saturated carbocycles. The van der Waals surface area contributed by atoms with Crippen LogP contribution in [0.1, 0.15) is 24.5 Å². The van der Waals surface area contributed by atoms with Crippen LogP contribution in [0.3, 0.4) is 0 Å². The Morgan fingerprint density at radius 2 is 1.70 bits per heavy atom. The van der Waals surface area contributed by atoms with E-state index < -0.39 is 0 Å². The van der Waals surface area contributed by atoms with E-state index in [0.717, 1.165) is 33.1 Å². The second-order valence-electron chi connectivity index (χ2n) is 7.56. The number of anilines is 3. The monoisotopic (exact) mass is 479 g/mol. The van der Waals surface area contributed by atoms with Crippen molar-refractivity contribution in [1.29, 1.82) is 0 Å². The third-order valence-corrected chi connectivity index (χ3v) is 6.81. The van der Waals surface area contributed by atoms with Gasteiger partial charge < -0.3 is 20.7 Å². The molecule has 0 aliphatic rings. The highest BCUT2D eigenvalue weighted by Crippen LogP contribution is 2.29. The molecule has 0 aromatic heterocycles. The van der Waals surface area contributed by atoms with Gasteiger partial charge in [-0.15, -0.1) is 11.8 Å². The van der Waals surface area contributed by atoms with Crippen molar-refractivity contribution in [3.8, 4) is 5.75 Å². The van der Waals surface area contributed by atoms with Crippen molar-refractivity contribution in [3.05, 3.63) is 77.9 Å². The minimum absolute atomic E-state index is 0.00271. The Morgan fingerprint density at radius 3 is 2.45 bits per heavy atom. The number of carbonyl (C=O) groups is 1. The van der Waals surface area contributed by atoms with E-state index in [1.807, 2.05) is 87.5 Å². The molecule has 33 heavy (non-hydrogen) atoms. The number of carbonyl (C=O) groups excluding carboxylic acids is 1. The first-order valence-corrected chi connectivity index (χ1v) is 12.0. The summed E-state index contributed by atoms with van der Waals surface area (Å²) >= 11 is 7.01. The first kappa shape index (κ1) is 24.6. The van der Waals surface area contributed by atoms with Gasteiger partial charge in [-0.3, -0.25) is 4.79 Å². The Labute approximate surface area is 205 Å². The summed E-state index contributed by atoms with van der Waals surface area (Å²) in [4.78, 5) is 13.9. The highest BCUT2D eigenvalue weighted by molar-refractivity contribution is 8.00. The van der Waals surface area contributed by atoms with Gasteiger partial charge in [0.15, 0.2) is 5.11 Å². The van der Waals surface area contributed by atoms with E-state index >= 15 is 0 Å². The molecule has 0 spiro atoms. The average Bonchev–Trinajstić information content (AvgIpc) is 2.81. The van der Waals surface area contributed by atoms with Crippen LogP contribution in [0.2, 0.25) is 0 Å². The van der Waals surface area contributed by atoms with Crippen LogP contribution in [-0.2, 0) is 4.79 Å². The number of hydrogen-bond acceptors (Lipinski definition) is 4. The van der Waals surface area contributed by atoms with Gasteiger partial charge in [-0.05, 0) is 80.0 Å². The summed E-state index contributed by atoms with van der Waals surface area (Å²) < 4.78 is 5.36. The van der Waals surface area contributed by atoms with Crippen LogP contribution in [0.15, 0.2) is 71.6 Å². The molecule has 3 N–H and O–H groups in total. The Morgan fingerprint density at radius 1 is 0.970 bits per heavy atom. The zero-order chi connectivity index (χ0) is 23.8. The van der Waals surface area contributed by atoms with Gasteiger partial charge in [0.25, 0.3) is 0 Å². The molecule has 0 aliphatic carbocycles. The molecule has 3 aromatic rings. The van der Waals surface area contributed by atoms with Crippen LogP contribution >= 0.6 is 24.0 Å². The second-order valence-corrected chi connectivity index (χ2v) is 9.24. The Hall–Kier alpha value is -3.03. The molecule has 0 aliphatic heterocycles. The van der Waals surface area contributed by atoms with E-state index in [1.165, 1.54) is 0 Å². The number of thioether (sulfide) groups is 1.